The summed E-state index contributed by atoms with van der Waals surface area (Å²) in [4.78, 5) is 3.87. The van der Waals surface area contributed by atoms with Crippen LogP contribution in [-0.4, -0.2) is 17.0 Å². The lowest BCUT2D eigenvalue weighted by atomic mass is 9.94. The predicted molar refractivity (Wildman–Crippen MR) is 172 cm³/mol. The second-order valence-electron chi connectivity index (χ2n) is 9.23. The highest BCUT2D eigenvalue weighted by molar-refractivity contribution is 7.83. The summed E-state index contributed by atoms with van der Waals surface area (Å²) >= 11 is 4.11. The van der Waals surface area contributed by atoms with Gasteiger partial charge in [0.2, 0.25) is 0 Å². The number of aromatic nitrogens is 1. The van der Waals surface area contributed by atoms with Gasteiger partial charge in [-0.3, -0.25) is 10.4 Å². The zero-order chi connectivity index (χ0) is 27.4. The summed E-state index contributed by atoms with van der Waals surface area (Å²) in [6, 6.07) is 39.5. The molecule has 0 aliphatic rings. The molecule has 39 heavy (non-hydrogen) atoms. The molecule has 0 amide bonds. The van der Waals surface area contributed by atoms with E-state index in [1.165, 1.54) is 38.0 Å². The van der Waals surface area contributed by atoms with Crippen molar-refractivity contribution < 1.29 is 0 Å². The van der Waals surface area contributed by atoms with Crippen molar-refractivity contribution in [2.75, 3.05) is 0 Å². The van der Waals surface area contributed by atoms with E-state index in [1.54, 1.807) is 0 Å². The largest absolute Gasteiger partial charge is 0.344 e. The van der Waals surface area contributed by atoms with E-state index in [-0.39, 0.29) is 0 Å². The number of hydrogen-bond donors (Lipinski definition) is 2. The van der Waals surface area contributed by atoms with Crippen LogP contribution in [0.4, 0.5) is 0 Å². The van der Waals surface area contributed by atoms with Crippen LogP contribution in [-0.2, 0) is 7.05 Å². The van der Waals surface area contributed by atoms with Gasteiger partial charge < -0.3 is 4.57 Å². The summed E-state index contributed by atoms with van der Waals surface area (Å²) in [7, 11) is 2.12. The molecule has 4 heteroatoms. The Bertz CT molecular complexity index is 1830. The van der Waals surface area contributed by atoms with Crippen molar-refractivity contribution in [2.45, 2.75) is 0 Å². The topological polar surface area (TPSA) is 41.1 Å². The smallest absolute Gasteiger partial charge is 0.0770 e. The van der Waals surface area contributed by atoms with Gasteiger partial charge in [0.05, 0.1) is 11.4 Å². The average Bonchev–Trinajstić information content (AvgIpc) is 3.29. The summed E-state index contributed by atoms with van der Waals surface area (Å²) in [6.07, 6.45) is 0. The van der Waals surface area contributed by atoms with Crippen LogP contribution in [0.25, 0.3) is 43.7 Å². The molecule has 0 saturated carbocycles. The van der Waals surface area contributed by atoms with Crippen LogP contribution in [0.15, 0.2) is 144 Å². The van der Waals surface area contributed by atoms with Crippen molar-refractivity contribution in [3.8, 4) is 11.1 Å². The van der Waals surface area contributed by atoms with E-state index >= 15 is 0 Å². The molecule has 0 saturated heterocycles. The number of benzene rings is 5. The fraction of sp³-hybridized carbons (Fsp3) is 0.0286. The van der Waals surface area contributed by atoms with E-state index in [4.69, 9.17) is 5.41 Å². The highest BCUT2D eigenvalue weighted by Crippen LogP contribution is 2.30. The predicted octanol–water partition coefficient (Wildman–Crippen LogP) is 9.23. The van der Waals surface area contributed by atoms with Gasteiger partial charge in [0.1, 0.15) is 0 Å². The second-order valence-corrected chi connectivity index (χ2v) is 9.49. The number of allylic oxidation sites excluding steroid dienone is 1. The third-order valence-corrected chi connectivity index (χ3v) is 7.22. The lowest BCUT2D eigenvalue weighted by Crippen LogP contribution is -2.04. The number of aryl methyl sites for hydroxylation is 1. The van der Waals surface area contributed by atoms with Crippen LogP contribution in [0.1, 0.15) is 5.56 Å². The summed E-state index contributed by atoms with van der Waals surface area (Å²) in [6.45, 7) is 7.45. The zero-order valence-electron chi connectivity index (χ0n) is 21.8. The van der Waals surface area contributed by atoms with E-state index in [1.807, 2.05) is 30.3 Å². The average molecular weight is 524 g/mol. The number of nitrogens with one attached hydrogen (secondary N) is 1. The van der Waals surface area contributed by atoms with Gasteiger partial charge in [-0.1, -0.05) is 104 Å². The Labute approximate surface area is 234 Å². The molecule has 1 N–H and O–H groups in total. The van der Waals surface area contributed by atoms with Crippen molar-refractivity contribution in [3.63, 3.8) is 0 Å². The number of rotatable bonds is 5. The van der Waals surface area contributed by atoms with E-state index in [0.717, 1.165) is 16.7 Å². The lowest BCUT2D eigenvalue weighted by Gasteiger charge is -2.11. The molecule has 0 spiro atoms. The number of thiol groups is 1. The molecule has 190 valence electrons. The first-order chi connectivity index (χ1) is 19.0. The quantitative estimate of drug-likeness (QED) is 0.128. The fourth-order valence-electron chi connectivity index (χ4n) is 4.95. The molecule has 1 aromatic heterocycles. The molecule has 0 atom stereocenters. The highest BCUT2D eigenvalue weighted by Gasteiger charge is 2.11. The minimum absolute atomic E-state index is 0.315. The lowest BCUT2D eigenvalue weighted by molar-refractivity contribution is 1.01. The third kappa shape index (κ3) is 5.07. The third-order valence-electron chi connectivity index (χ3n) is 6.98. The van der Waals surface area contributed by atoms with Crippen molar-refractivity contribution in [2.24, 2.45) is 12.0 Å². The van der Waals surface area contributed by atoms with Gasteiger partial charge in [0.15, 0.2) is 0 Å². The second kappa shape index (κ2) is 11.4. The first-order valence-corrected chi connectivity index (χ1v) is 13.1. The molecule has 0 unspecified atom stereocenters. The SMILES string of the molecule is C=N/C(=C/S)C(=C)C(=N)c1cccc(-c2cccc3ccccc23)c1.Cn1c2ccccc2c2ccccc21. The van der Waals surface area contributed by atoms with Crippen LogP contribution >= 0.6 is 12.6 Å². The van der Waals surface area contributed by atoms with Crippen molar-refractivity contribution in [1.82, 2.24) is 4.57 Å². The first-order valence-electron chi connectivity index (χ1n) is 12.6. The Morgan fingerprint density at radius 3 is 1.97 bits per heavy atom. The van der Waals surface area contributed by atoms with Crippen molar-refractivity contribution in [1.29, 1.82) is 5.41 Å². The Kier molecular flexibility index (Phi) is 7.57. The molecule has 0 bridgehead atoms. The maximum Gasteiger partial charge on any atom is 0.0770 e. The summed E-state index contributed by atoms with van der Waals surface area (Å²) in [5, 5.41) is 15.0. The Morgan fingerprint density at radius 1 is 0.769 bits per heavy atom. The number of nitrogens with zero attached hydrogens (tertiary/aromatic N) is 2. The van der Waals surface area contributed by atoms with Crippen molar-refractivity contribution >= 4 is 57.6 Å². The fourth-order valence-corrected chi connectivity index (χ4v) is 5.19. The number of para-hydroxylation sites is 2. The maximum atomic E-state index is 8.43. The zero-order valence-corrected chi connectivity index (χ0v) is 22.7. The summed E-state index contributed by atoms with van der Waals surface area (Å²) < 4.78 is 2.24. The molecule has 0 aliphatic carbocycles. The van der Waals surface area contributed by atoms with Crippen LogP contribution in [0.3, 0.4) is 0 Å². The number of aliphatic imine (C=N–C) groups is 1. The monoisotopic (exact) mass is 523 g/mol. The molecule has 1 heterocycles. The Hall–Kier alpha value is -4.67. The number of hydrogen-bond acceptors (Lipinski definition) is 3. The Balaban J connectivity index is 0.000000184. The van der Waals surface area contributed by atoms with Gasteiger partial charge in [0.25, 0.3) is 0 Å². The van der Waals surface area contributed by atoms with Gasteiger partial charge in [-0.25, -0.2) is 0 Å². The summed E-state index contributed by atoms with van der Waals surface area (Å²) in [5.41, 5.74) is 6.91. The standard InChI is InChI=1S/C22H18N2S.C13H11N/c1-15(21(14-25)24-2)22(23)18-10-5-9-17(13-18)20-12-6-8-16-7-3-4-11-19(16)20;1-14-12-8-4-2-6-10(12)11-7-3-5-9-13(11)14/h3-14,23,25H,1-2H2;2-9H,1H3/b21-14+,23-22?;. The van der Waals surface area contributed by atoms with E-state index in [0.29, 0.717) is 17.0 Å². The van der Waals surface area contributed by atoms with Crippen LogP contribution in [0, 0.1) is 5.41 Å². The van der Waals surface area contributed by atoms with Gasteiger partial charge in [0, 0.05) is 40.0 Å². The van der Waals surface area contributed by atoms with Gasteiger partial charge in [-0.15, -0.1) is 12.6 Å². The molecule has 6 rings (SSSR count). The van der Waals surface area contributed by atoms with Crippen LogP contribution < -0.4 is 0 Å². The minimum Gasteiger partial charge on any atom is -0.344 e. The molecule has 6 aromatic rings. The van der Waals surface area contributed by atoms with Gasteiger partial charge in [-0.2, -0.15) is 0 Å². The molecule has 3 nitrogen and oxygen atoms in total. The summed E-state index contributed by atoms with van der Waals surface area (Å²) in [5.74, 6) is 0. The molecular weight excluding hydrogens is 494 g/mol. The normalized spacial score (nSPS) is 11.3. The van der Waals surface area contributed by atoms with E-state index in [9.17, 15) is 0 Å². The Morgan fingerprint density at radius 2 is 1.33 bits per heavy atom. The highest BCUT2D eigenvalue weighted by atomic mass is 32.1. The van der Waals surface area contributed by atoms with E-state index < -0.39 is 0 Å². The maximum absolute atomic E-state index is 8.43. The van der Waals surface area contributed by atoms with Crippen LogP contribution in [0.5, 0.6) is 0 Å². The van der Waals surface area contributed by atoms with Crippen molar-refractivity contribution in [3.05, 3.63) is 144 Å². The molecule has 0 aliphatic heterocycles. The minimum atomic E-state index is 0.315. The first kappa shape index (κ1) is 26.0. The van der Waals surface area contributed by atoms with Gasteiger partial charge in [-0.05, 0) is 52.2 Å². The van der Waals surface area contributed by atoms with Crippen LogP contribution in [0.2, 0.25) is 0 Å². The van der Waals surface area contributed by atoms with Gasteiger partial charge >= 0.3 is 0 Å². The molecule has 0 fully saturated rings. The molecule has 5 aromatic carbocycles. The van der Waals surface area contributed by atoms with E-state index in [2.05, 4.69) is 127 Å². The molecule has 0 radical (unpaired) electrons. The molecular formula is C35H29N3S. The number of fused-ring (bicyclic) bond motifs is 4.